The number of hydrogen-bond donors (Lipinski definition) is 1. The van der Waals surface area contributed by atoms with Crippen LogP contribution in [0.25, 0.3) is 0 Å². The van der Waals surface area contributed by atoms with Crippen LogP contribution in [0, 0.1) is 12.7 Å². The number of ether oxygens (including phenoxy) is 1. The van der Waals surface area contributed by atoms with E-state index < -0.39 is 6.10 Å². The highest BCUT2D eigenvalue weighted by Crippen LogP contribution is 2.26. The molecule has 2 aromatic rings. The fraction of sp³-hybridized carbons (Fsp3) is 0.438. The van der Waals surface area contributed by atoms with Gasteiger partial charge >= 0.3 is 0 Å². The minimum absolute atomic E-state index is 0.0692. The third-order valence-corrected chi connectivity index (χ3v) is 4.81. The molecular weight excluding hydrogens is 303 g/mol. The number of morpholine rings is 1. The van der Waals surface area contributed by atoms with E-state index in [1.807, 2.05) is 12.3 Å². The van der Waals surface area contributed by atoms with Gasteiger partial charge in [0.05, 0.1) is 12.7 Å². The third kappa shape index (κ3) is 3.52. The summed E-state index contributed by atoms with van der Waals surface area (Å²) in [5.41, 5.74) is 1.34. The molecule has 1 N–H and O–H groups in total. The van der Waals surface area contributed by atoms with Gasteiger partial charge in [-0.15, -0.1) is 11.3 Å². The molecule has 0 spiro atoms. The van der Waals surface area contributed by atoms with Crippen LogP contribution in [0.15, 0.2) is 29.6 Å². The molecule has 4 nitrogen and oxygen atoms in total. The number of β-amino-alcohol motifs (C(OH)–C–C–N with tert-alkyl or cyclic N) is 1. The smallest absolute Gasteiger partial charge is 0.129 e. The number of benzene rings is 1. The molecule has 1 aromatic carbocycles. The summed E-state index contributed by atoms with van der Waals surface area (Å²) in [6.07, 6.45) is -0.904. The van der Waals surface area contributed by atoms with Crippen molar-refractivity contribution >= 4 is 11.3 Å². The predicted molar refractivity (Wildman–Crippen MR) is 83.3 cm³/mol. The lowest BCUT2D eigenvalue weighted by Gasteiger charge is -2.33. The predicted octanol–water partition coefficient (Wildman–Crippen LogP) is 2.70. The van der Waals surface area contributed by atoms with Gasteiger partial charge in [0.15, 0.2) is 0 Å². The van der Waals surface area contributed by atoms with Crippen LogP contribution in [0.1, 0.15) is 28.5 Å². The normalized spacial score (nSPS) is 21.0. The summed E-state index contributed by atoms with van der Waals surface area (Å²) < 4.78 is 19.5. The second-order valence-electron chi connectivity index (χ2n) is 5.48. The van der Waals surface area contributed by atoms with Crippen molar-refractivity contribution in [3.8, 4) is 0 Å². The van der Waals surface area contributed by atoms with Crippen molar-refractivity contribution in [2.75, 3.05) is 26.2 Å². The first-order valence-corrected chi connectivity index (χ1v) is 8.20. The zero-order chi connectivity index (χ0) is 15.5. The summed E-state index contributed by atoms with van der Waals surface area (Å²) in [6, 6.07) is 6.37. The Morgan fingerprint density at radius 1 is 1.50 bits per heavy atom. The van der Waals surface area contributed by atoms with Gasteiger partial charge in [-0.25, -0.2) is 9.37 Å². The number of aromatic nitrogens is 1. The van der Waals surface area contributed by atoms with E-state index in [2.05, 4.69) is 9.88 Å². The second kappa shape index (κ2) is 6.83. The average Bonchev–Trinajstić information content (AvgIpc) is 2.94. The number of hydrogen-bond acceptors (Lipinski definition) is 5. The lowest BCUT2D eigenvalue weighted by molar-refractivity contribution is -0.0427. The number of aliphatic hydroxyl groups excluding tert-OH is 1. The zero-order valence-electron chi connectivity index (χ0n) is 12.4. The molecule has 0 unspecified atom stereocenters. The first-order valence-electron chi connectivity index (χ1n) is 7.32. The minimum Gasteiger partial charge on any atom is -0.387 e. The van der Waals surface area contributed by atoms with Crippen LogP contribution in [-0.4, -0.2) is 41.2 Å². The Bertz CT molecular complexity index is 634. The molecule has 1 saturated heterocycles. The monoisotopic (exact) mass is 322 g/mol. The summed E-state index contributed by atoms with van der Waals surface area (Å²) in [4.78, 5) is 6.56. The summed E-state index contributed by atoms with van der Waals surface area (Å²) in [6.45, 7) is 4.34. The maximum atomic E-state index is 13.7. The molecule has 1 aromatic heterocycles. The third-order valence-electron chi connectivity index (χ3n) is 3.76. The largest absolute Gasteiger partial charge is 0.387 e. The molecule has 1 aliphatic heterocycles. The van der Waals surface area contributed by atoms with E-state index in [-0.39, 0.29) is 11.9 Å². The van der Waals surface area contributed by atoms with Gasteiger partial charge in [0.25, 0.3) is 0 Å². The Labute approximate surface area is 133 Å². The molecule has 0 radical (unpaired) electrons. The highest BCUT2D eigenvalue weighted by molar-refractivity contribution is 7.09. The van der Waals surface area contributed by atoms with E-state index in [1.165, 1.54) is 6.07 Å². The van der Waals surface area contributed by atoms with Crippen LogP contribution in [0.3, 0.4) is 0 Å². The number of nitrogens with zero attached hydrogens (tertiary/aromatic N) is 2. The van der Waals surface area contributed by atoms with Crippen LogP contribution in [0.5, 0.6) is 0 Å². The van der Waals surface area contributed by atoms with Gasteiger partial charge in [0, 0.05) is 36.3 Å². The number of rotatable bonds is 4. The van der Waals surface area contributed by atoms with Gasteiger partial charge in [0.1, 0.15) is 16.9 Å². The van der Waals surface area contributed by atoms with Crippen LogP contribution in [0.4, 0.5) is 4.39 Å². The first-order chi connectivity index (χ1) is 10.6. The molecule has 2 heterocycles. The van der Waals surface area contributed by atoms with Gasteiger partial charge in [-0.05, 0) is 13.0 Å². The number of thiazole rings is 1. The molecule has 0 bridgehead atoms. The summed E-state index contributed by atoms with van der Waals surface area (Å²) in [5, 5.41) is 13.2. The standard InChI is InChI=1S/C16H19FN2O2S/c1-11-10-22-16(18-11)15-9-19(6-7-21-15)8-14(20)12-4-2-3-5-13(12)17/h2-5,10,14-15,20H,6-9H2,1H3/t14-,15-/m1/s1. The number of halogens is 1. The average molecular weight is 322 g/mol. The SMILES string of the molecule is Cc1csc([C@H]2CN(C[C@@H](O)c3ccccc3F)CCO2)n1. The van der Waals surface area contributed by atoms with E-state index in [9.17, 15) is 9.50 Å². The Balaban J connectivity index is 1.64. The fourth-order valence-corrected chi connectivity index (χ4v) is 3.46. The lowest BCUT2D eigenvalue weighted by atomic mass is 10.1. The molecular formula is C16H19FN2O2S. The Morgan fingerprint density at radius 2 is 2.32 bits per heavy atom. The van der Waals surface area contributed by atoms with Gasteiger partial charge in [-0.1, -0.05) is 18.2 Å². The molecule has 22 heavy (non-hydrogen) atoms. The molecule has 1 fully saturated rings. The fourth-order valence-electron chi connectivity index (χ4n) is 2.63. The summed E-state index contributed by atoms with van der Waals surface area (Å²) >= 11 is 1.59. The summed E-state index contributed by atoms with van der Waals surface area (Å²) in [7, 11) is 0. The van der Waals surface area contributed by atoms with E-state index in [1.54, 1.807) is 29.5 Å². The molecule has 118 valence electrons. The highest BCUT2D eigenvalue weighted by Gasteiger charge is 2.26. The molecule has 3 rings (SSSR count). The van der Waals surface area contributed by atoms with Crippen LogP contribution in [-0.2, 0) is 4.74 Å². The Kier molecular flexibility index (Phi) is 4.83. The van der Waals surface area contributed by atoms with Crippen molar-refractivity contribution in [2.45, 2.75) is 19.1 Å². The zero-order valence-corrected chi connectivity index (χ0v) is 13.2. The van der Waals surface area contributed by atoms with E-state index in [4.69, 9.17) is 4.74 Å². The summed E-state index contributed by atoms with van der Waals surface area (Å²) in [5.74, 6) is -0.365. The van der Waals surface area contributed by atoms with Gasteiger partial charge in [-0.2, -0.15) is 0 Å². The van der Waals surface area contributed by atoms with E-state index in [0.29, 0.717) is 25.3 Å². The molecule has 0 aliphatic carbocycles. The second-order valence-corrected chi connectivity index (χ2v) is 6.37. The van der Waals surface area contributed by atoms with Crippen molar-refractivity contribution < 1.29 is 14.2 Å². The van der Waals surface area contributed by atoms with Crippen LogP contribution >= 0.6 is 11.3 Å². The maximum absolute atomic E-state index is 13.7. The minimum atomic E-state index is -0.835. The Hall–Kier alpha value is -1.34. The lowest BCUT2D eigenvalue weighted by Crippen LogP contribution is -2.40. The van der Waals surface area contributed by atoms with Gasteiger partial charge in [0.2, 0.25) is 0 Å². The first kappa shape index (κ1) is 15.6. The Morgan fingerprint density at radius 3 is 3.05 bits per heavy atom. The molecule has 0 saturated carbocycles. The maximum Gasteiger partial charge on any atom is 0.129 e. The molecule has 2 atom stereocenters. The number of aryl methyl sites for hydroxylation is 1. The van der Waals surface area contributed by atoms with Crippen molar-refractivity contribution in [3.05, 3.63) is 51.7 Å². The van der Waals surface area contributed by atoms with E-state index in [0.717, 1.165) is 17.2 Å². The number of aliphatic hydroxyl groups is 1. The van der Waals surface area contributed by atoms with Gasteiger partial charge in [-0.3, -0.25) is 4.90 Å². The molecule has 6 heteroatoms. The molecule has 0 amide bonds. The highest BCUT2D eigenvalue weighted by atomic mass is 32.1. The van der Waals surface area contributed by atoms with Crippen LogP contribution in [0.2, 0.25) is 0 Å². The van der Waals surface area contributed by atoms with Crippen molar-refractivity contribution in [1.82, 2.24) is 9.88 Å². The molecule has 1 aliphatic rings. The van der Waals surface area contributed by atoms with Crippen molar-refractivity contribution in [2.24, 2.45) is 0 Å². The van der Waals surface area contributed by atoms with Crippen molar-refractivity contribution in [3.63, 3.8) is 0 Å². The van der Waals surface area contributed by atoms with Crippen LogP contribution < -0.4 is 0 Å². The quantitative estimate of drug-likeness (QED) is 0.940. The topological polar surface area (TPSA) is 45.6 Å². The van der Waals surface area contributed by atoms with Crippen molar-refractivity contribution in [1.29, 1.82) is 0 Å². The van der Waals surface area contributed by atoms with E-state index >= 15 is 0 Å². The van der Waals surface area contributed by atoms with Gasteiger partial charge < -0.3 is 9.84 Å².